The Hall–Kier alpha value is -3.56. The number of halogens is 4. The number of ether oxygens (including phenoxy) is 1. The van der Waals surface area contributed by atoms with Gasteiger partial charge in [-0.3, -0.25) is 4.90 Å². The first kappa shape index (κ1) is 29.4. The highest BCUT2D eigenvalue weighted by atomic mass is 35.5. The zero-order valence-corrected chi connectivity index (χ0v) is 22.4. The van der Waals surface area contributed by atoms with Gasteiger partial charge in [0, 0.05) is 18.1 Å². The Morgan fingerprint density at radius 3 is 2.27 bits per heavy atom. The highest BCUT2D eigenvalue weighted by Gasteiger charge is 2.43. The highest BCUT2D eigenvalue weighted by molar-refractivity contribution is 6.31. The summed E-state index contributed by atoms with van der Waals surface area (Å²) in [6.07, 6.45) is -3.12. The first-order chi connectivity index (χ1) is 19.2. The van der Waals surface area contributed by atoms with Crippen molar-refractivity contribution >= 4 is 23.5 Å². The summed E-state index contributed by atoms with van der Waals surface area (Å²) in [6.45, 7) is 3.42. The second-order valence-corrected chi connectivity index (χ2v) is 10.2. The molecule has 0 bridgehead atoms. The van der Waals surface area contributed by atoms with Crippen LogP contribution in [-0.2, 0) is 45.4 Å². The van der Waals surface area contributed by atoms with E-state index in [-0.39, 0.29) is 12.8 Å². The molecule has 1 fully saturated rings. The minimum absolute atomic E-state index is 0.196. The maximum Gasteiger partial charge on any atom is 0.495 e. The van der Waals surface area contributed by atoms with Gasteiger partial charge in [-0.25, -0.2) is 19.4 Å². The molecule has 0 N–H and O–H groups in total. The van der Waals surface area contributed by atoms with Gasteiger partial charge in [0.15, 0.2) is 0 Å². The molecule has 4 rings (SSSR count). The average molecular weight is 576 g/mol. The van der Waals surface area contributed by atoms with Crippen LogP contribution in [0.4, 0.5) is 13.2 Å². The Balaban J connectivity index is 1.16. The number of hydrogen-bond acceptors (Lipinski definition) is 6. The SMILES string of the molecule is O=C(CCc1ccc(OCc2ccc(CN3CCC(Cc4ccccc4Cl)C3)cc2)cc1)OOC(=O)C(F)(F)F. The van der Waals surface area contributed by atoms with E-state index < -0.39 is 18.1 Å². The van der Waals surface area contributed by atoms with Gasteiger partial charge in [0.2, 0.25) is 0 Å². The van der Waals surface area contributed by atoms with Crippen molar-refractivity contribution < 1.29 is 37.3 Å². The van der Waals surface area contributed by atoms with Crippen molar-refractivity contribution in [1.82, 2.24) is 4.90 Å². The number of alkyl halides is 3. The van der Waals surface area contributed by atoms with Crippen molar-refractivity contribution in [2.45, 2.75) is 45.0 Å². The molecule has 0 radical (unpaired) electrons. The van der Waals surface area contributed by atoms with Crippen LogP contribution in [0.1, 0.15) is 35.1 Å². The predicted molar refractivity (Wildman–Crippen MR) is 142 cm³/mol. The molecule has 1 heterocycles. The Kier molecular flexibility index (Phi) is 10.1. The standard InChI is InChI=1S/C30H29ClF3NO5/c31-27-4-2-1-3-25(27)17-24-15-16-35(19-24)18-22-5-7-23(8-6-22)20-38-26-12-9-21(10-13-26)11-14-28(36)39-40-29(37)30(32,33)34/h1-10,12-13,24H,11,14-20H2. The summed E-state index contributed by atoms with van der Waals surface area (Å²) in [5.74, 6) is -2.42. The monoisotopic (exact) mass is 575 g/mol. The lowest BCUT2D eigenvalue weighted by Gasteiger charge is -2.17. The van der Waals surface area contributed by atoms with Gasteiger partial charge in [-0.05, 0) is 72.2 Å². The molecule has 6 nitrogen and oxygen atoms in total. The summed E-state index contributed by atoms with van der Waals surface area (Å²) < 4.78 is 42.0. The molecule has 0 amide bonds. The van der Waals surface area contributed by atoms with Crippen molar-refractivity contribution in [2.24, 2.45) is 5.92 Å². The third-order valence-electron chi connectivity index (χ3n) is 6.65. The molecule has 0 aliphatic carbocycles. The lowest BCUT2D eigenvalue weighted by molar-refractivity contribution is -0.285. The number of likely N-dealkylation sites (tertiary alicyclic amines) is 1. The lowest BCUT2D eigenvalue weighted by atomic mass is 9.99. The van der Waals surface area contributed by atoms with E-state index in [0.29, 0.717) is 18.3 Å². The van der Waals surface area contributed by atoms with E-state index in [1.54, 1.807) is 24.3 Å². The number of carbonyl (C=O) groups is 2. The van der Waals surface area contributed by atoms with E-state index in [4.69, 9.17) is 16.3 Å². The second kappa shape index (κ2) is 13.7. The zero-order chi connectivity index (χ0) is 28.5. The van der Waals surface area contributed by atoms with E-state index in [1.807, 2.05) is 18.2 Å². The molecule has 1 unspecified atom stereocenters. The summed E-state index contributed by atoms with van der Waals surface area (Å²) in [6, 6.07) is 23.4. The van der Waals surface area contributed by atoms with Gasteiger partial charge >= 0.3 is 18.1 Å². The highest BCUT2D eigenvalue weighted by Crippen LogP contribution is 2.26. The number of nitrogens with zero attached hydrogens (tertiary/aromatic N) is 1. The summed E-state index contributed by atoms with van der Waals surface area (Å²) in [5, 5.41) is 0.841. The van der Waals surface area contributed by atoms with Crippen LogP contribution in [-0.4, -0.2) is 36.1 Å². The number of hydrogen-bond donors (Lipinski definition) is 0. The Morgan fingerprint density at radius 2 is 1.57 bits per heavy atom. The maximum atomic E-state index is 12.0. The summed E-state index contributed by atoms with van der Waals surface area (Å²) >= 11 is 6.33. The first-order valence-corrected chi connectivity index (χ1v) is 13.3. The fourth-order valence-corrected chi connectivity index (χ4v) is 4.75. The predicted octanol–water partition coefficient (Wildman–Crippen LogP) is 6.48. The molecule has 0 spiro atoms. The Bertz CT molecular complexity index is 1280. The third kappa shape index (κ3) is 8.99. The Labute approximate surface area is 235 Å². The summed E-state index contributed by atoms with van der Waals surface area (Å²) in [7, 11) is 0. The first-order valence-electron chi connectivity index (χ1n) is 12.9. The number of benzene rings is 3. The van der Waals surface area contributed by atoms with Crippen molar-refractivity contribution in [3.8, 4) is 5.75 Å². The molecule has 3 aromatic rings. The zero-order valence-electron chi connectivity index (χ0n) is 21.7. The normalized spacial score (nSPS) is 15.6. The fourth-order valence-electron chi connectivity index (χ4n) is 4.54. The molecule has 10 heteroatoms. The van der Waals surface area contributed by atoms with E-state index in [0.717, 1.165) is 48.6 Å². The van der Waals surface area contributed by atoms with Crippen LogP contribution in [0.25, 0.3) is 0 Å². The van der Waals surface area contributed by atoms with Crippen LogP contribution in [0.5, 0.6) is 5.75 Å². The van der Waals surface area contributed by atoms with Crippen molar-refractivity contribution in [3.05, 3.63) is 100 Å². The molecule has 0 saturated carbocycles. The van der Waals surface area contributed by atoms with Crippen LogP contribution < -0.4 is 4.74 Å². The van der Waals surface area contributed by atoms with E-state index in [9.17, 15) is 22.8 Å². The van der Waals surface area contributed by atoms with Gasteiger partial charge in [-0.15, -0.1) is 0 Å². The molecular formula is C30H29ClF3NO5. The van der Waals surface area contributed by atoms with Crippen LogP contribution in [0.3, 0.4) is 0 Å². The molecule has 1 atom stereocenters. The van der Waals surface area contributed by atoms with Crippen molar-refractivity contribution in [2.75, 3.05) is 13.1 Å². The van der Waals surface area contributed by atoms with Crippen LogP contribution >= 0.6 is 11.6 Å². The molecule has 1 saturated heterocycles. The maximum absolute atomic E-state index is 12.0. The van der Waals surface area contributed by atoms with E-state index in [2.05, 4.69) is 45.0 Å². The van der Waals surface area contributed by atoms with Gasteiger partial charge in [0.1, 0.15) is 12.4 Å². The van der Waals surface area contributed by atoms with Gasteiger partial charge < -0.3 is 4.74 Å². The number of rotatable bonds is 10. The fraction of sp³-hybridized carbons (Fsp3) is 0.333. The number of aryl methyl sites for hydroxylation is 1. The largest absolute Gasteiger partial charge is 0.495 e. The van der Waals surface area contributed by atoms with Gasteiger partial charge in [0.25, 0.3) is 0 Å². The topological polar surface area (TPSA) is 65.1 Å². The lowest BCUT2D eigenvalue weighted by Crippen LogP contribution is -2.26. The van der Waals surface area contributed by atoms with Gasteiger partial charge in [0.05, 0.1) is 6.42 Å². The van der Waals surface area contributed by atoms with Crippen molar-refractivity contribution in [3.63, 3.8) is 0 Å². The number of carbonyl (C=O) groups excluding carboxylic acids is 2. The van der Waals surface area contributed by atoms with Gasteiger partial charge in [-0.2, -0.15) is 13.2 Å². The van der Waals surface area contributed by atoms with Crippen LogP contribution in [0.2, 0.25) is 5.02 Å². The summed E-state index contributed by atoms with van der Waals surface area (Å²) in [5.41, 5.74) is 4.24. The molecule has 40 heavy (non-hydrogen) atoms. The molecular weight excluding hydrogens is 547 g/mol. The summed E-state index contributed by atoms with van der Waals surface area (Å²) in [4.78, 5) is 31.9. The van der Waals surface area contributed by atoms with Crippen molar-refractivity contribution in [1.29, 1.82) is 0 Å². The molecule has 1 aliphatic rings. The van der Waals surface area contributed by atoms with Crippen LogP contribution in [0.15, 0.2) is 72.8 Å². The van der Waals surface area contributed by atoms with Crippen LogP contribution in [0, 0.1) is 5.92 Å². The minimum atomic E-state index is -5.23. The smallest absolute Gasteiger partial charge is 0.489 e. The molecule has 3 aromatic carbocycles. The average Bonchev–Trinajstić information content (AvgIpc) is 3.38. The minimum Gasteiger partial charge on any atom is -0.489 e. The quantitative estimate of drug-likeness (QED) is 0.204. The third-order valence-corrected chi connectivity index (χ3v) is 7.02. The Morgan fingerprint density at radius 1 is 0.900 bits per heavy atom. The van der Waals surface area contributed by atoms with E-state index >= 15 is 0 Å². The molecule has 212 valence electrons. The molecule has 0 aromatic heterocycles. The molecule has 1 aliphatic heterocycles. The second-order valence-electron chi connectivity index (χ2n) is 9.76. The van der Waals surface area contributed by atoms with E-state index in [1.165, 1.54) is 11.1 Å². The van der Waals surface area contributed by atoms with Gasteiger partial charge in [-0.1, -0.05) is 66.2 Å².